The third-order valence-corrected chi connectivity index (χ3v) is 2.85. The van der Waals surface area contributed by atoms with Crippen molar-refractivity contribution in [3.63, 3.8) is 0 Å². The van der Waals surface area contributed by atoms with Crippen molar-refractivity contribution < 1.29 is 0 Å². The molecule has 0 aromatic carbocycles. The van der Waals surface area contributed by atoms with E-state index in [0.29, 0.717) is 5.82 Å². The number of nitrogens with zero attached hydrogens (tertiary/aromatic N) is 2. The fourth-order valence-corrected chi connectivity index (χ4v) is 2.08. The fourth-order valence-electron chi connectivity index (χ4n) is 2.08. The van der Waals surface area contributed by atoms with Crippen LogP contribution in [0.2, 0.25) is 0 Å². The number of aromatic nitrogens is 3. The highest BCUT2D eigenvalue weighted by Crippen LogP contribution is 2.25. The normalized spacial score (nSPS) is 15.7. The van der Waals surface area contributed by atoms with Crippen LogP contribution >= 0.6 is 0 Å². The summed E-state index contributed by atoms with van der Waals surface area (Å²) in [4.78, 5) is 4.51. The quantitative estimate of drug-likeness (QED) is 0.657. The van der Waals surface area contributed by atoms with Crippen LogP contribution in [-0.2, 0) is 12.8 Å². The molecule has 1 aliphatic carbocycles. The molecular weight excluding hydrogens is 176 g/mol. The van der Waals surface area contributed by atoms with E-state index >= 15 is 0 Å². The number of H-pyrrole nitrogens is 1. The van der Waals surface area contributed by atoms with Crippen molar-refractivity contribution >= 4 is 16.9 Å². The highest BCUT2D eigenvalue weighted by atomic mass is 15.2. The van der Waals surface area contributed by atoms with Crippen LogP contribution < -0.4 is 5.73 Å². The molecule has 3 N–H and O–H groups in total. The SMILES string of the molecule is Nc1[nH]nc2nc3c(cc12)CCCC3. The van der Waals surface area contributed by atoms with E-state index in [0.717, 1.165) is 23.9 Å². The molecule has 0 atom stereocenters. The average molecular weight is 188 g/mol. The molecule has 2 heterocycles. The summed E-state index contributed by atoms with van der Waals surface area (Å²) in [6.07, 6.45) is 4.71. The summed E-state index contributed by atoms with van der Waals surface area (Å²) in [6, 6.07) is 2.13. The minimum atomic E-state index is 0.626. The average Bonchev–Trinajstić information content (AvgIpc) is 2.57. The Morgan fingerprint density at radius 3 is 3.07 bits per heavy atom. The number of pyridine rings is 1. The Hall–Kier alpha value is -1.58. The summed E-state index contributed by atoms with van der Waals surface area (Å²) >= 11 is 0. The Labute approximate surface area is 81.5 Å². The van der Waals surface area contributed by atoms with Gasteiger partial charge in [-0.3, -0.25) is 5.10 Å². The monoisotopic (exact) mass is 188 g/mol. The lowest BCUT2D eigenvalue weighted by Gasteiger charge is -2.13. The summed E-state index contributed by atoms with van der Waals surface area (Å²) in [7, 11) is 0. The molecule has 2 aromatic rings. The highest BCUT2D eigenvalue weighted by molar-refractivity contribution is 5.86. The molecule has 0 bridgehead atoms. The molecule has 72 valence electrons. The van der Waals surface area contributed by atoms with Gasteiger partial charge in [0.25, 0.3) is 0 Å². The standard InChI is InChI=1S/C10H12N4/c11-9-7-5-6-3-1-2-4-8(6)12-10(7)14-13-9/h5H,1-4H2,(H3,11,12,13,14). The molecule has 0 unspecified atom stereocenters. The number of aryl methyl sites for hydroxylation is 2. The predicted octanol–water partition coefficient (Wildman–Crippen LogP) is 1.42. The Morgan fingerprint density at radius 1 is 1.29 bits per heavy atom. The smallest absolute Gasteiger partial charge is 0.183 e. The molecule has 4 nitrogen and oxygen atoms in total. The maximum Gasteiger partial charge on any atom is 0.183 e. The van der Waals surface area contributed by atoms with Gasteiger partial charge in [0.15, 0.2) is 5.65 Å². The summed E-state index contributed by atoms with van der Waals surface area (Å²) in [5, 5.41) is 7.79. The molecule has 0 amide bonds. The van der Waals surface area contributed by atoms with Crippen molar-refractivity contribution in [1.29, 1.82) is 0 Å². The summed E-state index contributed by atoms with van der Waals surface area (Å²) in [5.41, 5.74) is 9.05. The second-order valence-electron chi connectivity index (χ2n) is 3.81. The molecule has 3 rings (SSSR count). The molecule has 0 saturated carbocycles. The number of aromatic amines is 1. The lowest BCUT2D eigenvalue weighted by atomic mass is 9.95. The molecule has 0 radical (unpaired) electrons. The molecule has 0 aliphatic heterocycles. The van der Waals surface area contributed by atoms with Crippen LogP contribution in [-0.4, -0.2) is 15.2 Å². The van der Waals surface area contributed by atoms with Gasteiger partial charge in [-0.2, -0.15) is 5.10 Å². The molecule has 2 aromatic heterocycles. The second kappa shape index (κ2) is 2.70. The Morgan fingerprint density at radius 2 is 2.14 bits per heavy atom. The summed E-state index contributed by atoms with van der Waals surface area (Å²) in [6.45, 7) is 0. The van der Waals surface area contributed by atoms with Crippen molar-refractivity contribution in [2.45, 2.75) is 25.7 Å². The number of nitrogen functional groups attached to an aromatic ring is 1. The third-order valence-electron chi connectivity index (χ3n) is 2.85. The van der Waals surface area contributed by atoms with Crippen LogP contribution in [0, 0.1) is 0 Å². The zero-order chi connectivity index (χ0) is 9.54. The lowest BCUT2D eigenvalue weighted by Crippen LogP contribution is -2.05. The molecule has 14 heavy (non-hydrogen) atoms. The number of nitrogens with one attached hydrogen (secondary N) is 1. The van der Waals surface area contributed by atoms with Crippen molar-refractivity contribution in [2.75, 3.05) is 5.73 Å². The van der Waals surface area contributed by atoms with Crippen LogP contribution in [0.15, 0.2) is 6.07 Å². The molecule has 0 spiro atoms. The zero-order valence-electron chi connectivity index (χ0n) is 7.88. The Kier molecular flexibility index (Phi) is 1.50. The maximum absolute atomic E-state index is 5.75. The number of hydrogen-bond donors (Lipinski definition) is 2. The van der Waals surface area contributed by atoms with Crippen LogP contribution in [0.25, 0.3) is 11.0 Å². The van der Waals surface area contributed by atoms with Gasteiger partial charge in [0, 0.05) is 5.69 Å². The van der Waals surface area contributed by atoms with Gasteiger partial charge in [-0.15, -0.1) is 0 Å². The third kappa shape index (κ3) is 0.999. The van der Waals surface area contributed by atoms with Crippen molar-refractivity contribution in [1.82, 2.24) is 15.2 Å². The van der Waals surface area contributed by atoms with E-state index in [1.165, 1.54) is 24.1 Å². The van der Waals surface area contributed by atoms with E-state index < -0.39 is 0 Å². The first kappa shape index (κ1) is 7.79. The van der Waals surface area contributed by atoms with Gasteiger partial charge < -0.3 is 5.73 Å². The van der Waals surface area contributed by atoms with E-state index in [2.05, 4.69) is 21.2 Å². The Bertz CT molecular complexity index is 486. The van der Waals surface area contributed by atoms with Crippen molar-refractivity contribution in [3.05, 3.63) is 17.3 Å². The first-order valence-corrected chi connectivity index (χ1v) is 4.97. The van der Waals surface area contributed by atoms with E-state index in [1.54, 1.807) is 0 Å². The number of anilines is 1. The number of rotatable bonds is 0. The van der Waals surface area contributed by atoms with Crippen molar-refractivity contribution in [3.8, 4) is 0 Å². The summed E-state index contributed by atoms with van der Waals surface area (Å²) < 4.78 is 0. The van der Waals surface area contributed by atoms with Gasteiger partial charge in [0.1, 0.15) is 5.82 Å². The molecule has 0 fully saturated rings. The van der Waals surface area contributed by atoms with E-state index in [4.69, 9.17) is 5.73 Å². The number of hydrogen-bond acceptors (Lipinski definition) is 3. The molecular formula is C10H12N4. The zero-order valence-corrected chi connectivity index (χ0v) is 7.88. The van der Waals surface area contributed by atoms with Gasteiger partial charge in [-0.05, 0) is 37.3 Å². The largest absolute Gasteiger partial charge is 0.384 e. The fraction of sp³-hybridized carbons (Fsp3) is 0.400. The molecule has 0 saturated heterocycles. The Balaban J connectivity index is 2.29. The van der Waals surface area contributed by atoms with E-state index in [9.17, 15) is 0 Å². The van der Waals surface area contributed by atoms with Gasteiger partial charge >= 0.3 is 0 Å². The predicted molar refractivity (Wildman–Crippen MR) is 54.9 cm³/mol. The first-order valence-electron chi connectivity index (χ1n) is 4.97. The highest BCUT2D eigenvalue weighted by Gasteiger charge is 2.13. The minimum Gasteiger partial charge on any atom is -0.384 e. The lowest BCUT2D eigenvalue weighted by molar-refractivity contribution is 0.671. The number of fused-ring (bicyclic) bond motifs is 2. The first-order chi connectivity index (χ1) is 6.84. The summed E-state index contributed by atoms with van der Waals surface area (Å²) in [5.74, 6) is 0.626. The van der Waals surface area contributed by atoms with Crippen LogP contribution in [0.3, 0.4) is 0 Å². The second-order valence-corrected chi connectivity index (χ2v) is 3.81. The van der Waals surface area contributed by atoms with Crippen LogP contribution in [0.4, 0.5) is 5.82 Å². The van der Waals surface area contributed by atoms with Crippen LogP contribution in [0.1, 0.15) is 24.1 Å². The number of nitrogens with two attached hydrogens (primary N) is 1. The van der Waals surface area contributed by atoms with Gasteiger partial charge in [0.05, 0.1) is 5.39 Å². The van der Waals surface area contributed by atoms with Gasteiger partial charge in [-0.25, -0.2) is 4.98 Å². The van der Waals surface area contributed by atoms with Crippen LogP contribution in [0.5, 0.6) is 0 Å². The topological polar surface area (TPSA) is 67.6 Å². The maximum atomic E-state index is 5.75. The molecule has 1 aliphatic rings. The van der Waals surface area contributed by atoms with E-state index in [-0.39, 0.29) is 0 Å². The molecule has 4 heteroatoms. The minimum absolute atomic E-state index is 0.626. The van der Waals surface area contributed by atoms with Crippen molar-refractivity contribution in [2.24, 2.45) is 0 Å². The van der Waals surface area contributed by atoms with E-state index in [1.807, 2.05) is 0 Å². The van der Waals surface area contributed by atoms with Gasteiger partial charge in [-0.1, -0.05) is 0 Å². The van der Waals surface area contributed by atoms with Gasteiger partial charge in [0.2, 0.25) is 0 Å².